The first-order valence-corrected chi connectivity index (χ1v) is 16.7. The van der Waals surface area contributed by atoms with Gasteiger partial charge in [-0.05, 0) is 46.5 Å². The lowest BCUT2D eigenvalue weighted by Gasteiger charge is -2.17. The molecule has 1 amide bonds. The Hall–Kier alpha value is -5.24. The molecule has 0 saturated carbocycles. The largest absolute Gasteiger partial charge is 0.489 e. The van der Waals surface area contributed by atoms with Crippen LogP contribution < -0.4 is 28.1 Å². The van der Waals surface area contributed by atoms with Crippen LogP contribution in [0.5, 0.6) is 11.5 Å². The molecule has 0 aliphatic rings. The first kappa shape index (κ1) is 43.8. The Morgan fingerprint density at radius 1 is 0.686 bits per heavy atom. The van der Waals surface area contributed by atoms with Crippen molar-refractivity contribution in [1.29, 1.82) is 0 Å². The number of aliphatic carboxylic acids is 1. The molecule has 13 heteroatoms. The minimum atomic E-state index is -4.94. The van der Waals surface area contributed by atoms with Gasteiger partial charge in [0.15, 0.2) is 6.21 Å². The lowest BCUT2D eigenvalue weighted by molar-refractivity contribution is -2.00. The second kappa shape index (κ2) is 24.0. The molecule has 0 fully saturated rings. The molecular formula is C38H46ClN3O9. The van der Waals surface area contributed by atoms with Crippen molar-refractivity contribution in [3.05, 3.63) is 138 Å². The standard InChI is InChI=1S/C20H25N2O.C15H14O3.C3H7NO.ClHO4/c1-21(2)14-19(15-22(3)4)18-10-12-20(13-11-18)23-16-17-8-6-5-7-9-17;16-15(17)10-12-6-8-14(9-7-12)18-11-13-4-2-1-3-5-13;1-4(2)3-5;2-1(3,4)5/h5-15H,16H2,1-4H3;1-9H,10-11H2,(H,16,17);3H,1-2H3;(H,2,3,4,5)/q+1;;;/p-1. The van der Waals surface area contributed by atoms with Gasteiger partial charge >= 0.3 is 5.97 Å². The Morgan fingerprint density at radius 2 is 1.08 bits per heavy atom. The van der Waals surface area contributed by atoms with E-state index in [2.05, 4.69) is 46.2 Å². The number of carbonyl (C=O) groups excluding carboxylic acids is 1. The molecule has 0 spiro atoms. The predicted molar refractivity (Wildman–Crippen MR) is 185 cm³/mol. The summed E-state index contributed by atoms with van der Waals surface area (Å²) in [6, 6.07) is 35.4. The molecule has 0 aliphatic heterocycles. The molecule has 0 saturated heterocycles. The van der Waals surface area contributed by atoms with E-state index in [0.717, 1.165) is 34.6 Å². The fraction of sp³-hybridized carbons (Fsp3) is 0.237. The second-order valence-corrected chi connectivity index (χ2v) is 12.1. The number of hydrogen-bond acceptors (Lipinski definition) is 9. The van der Waals surface area contributed by atoms with Gasteiger partial charge in [-0.25, -0.2) is 23.2 Å². The summed E-state index contributed by atoms with van der Waals surface area (Å²) < 4.78 is 47.5. The molecule has 0 aromatic heterocycles. The van der Waals surface area contributed by atoms with Crippen LogP contribution in [0.3, 0.4) is 0 Å². The normalized spacial score (nSPS) is 10.4. The average molecular weight is 724 g/mol. The van der Waals surface area contributed by atoms with Crippen molar-refractivity contribution in [3.63, 3.8) is 0 Å². The summed E-state index contributed by atoms with van der Waals surface area (Å²) in [6.07, 6.45) is 5.01. The molecule has 51 heavy (non-hydrogen) atoms. The summed E-state index contributed by atoms with van der Waals surface area (Å²) in [4.78, 5) is 23.5. The van der Waals surface area contributed by atoms with Crippen LogP contribution in [0.25, 0.3) is 5.57 Å². The van der Waals surface area contributed by atoms with Gasteiger partial charge in [0, 0.05) is 34.4 Å². The number of nitrogens with zero attached hydrogens (tertiary/aromatic N) is 3. The molecule has 4 aromatic rings. The highest BCUT2D eigenvalue weighted by molar-refractivity contribution is 6.07. The van der Waals surface area contributed by atoms with Crippen molar-refractivity contribution in [2.24, 2.45) is 0 Å². The summed E-state index contributed by atoms with van der Waals surface area (Å²) >= 11 is 0. The summed E-state index contributed by atoms with van der Waals surface area (Å²) in [7, 11) is 6.55. The van der Waals surface area contributed by atoms with Crippen molar-refractivity contribution in [1.82, 2.24) is 9.80 Å². The van der Waals surface area contributed by atoms with E-state index in [1.807, 2.05) is 88.9 Å². The average Bonchev–Trinajstić information content (AvgIpc) is 3.07. The topological polar surface area (TPSA) is 175 Å². The fourth-order valence-electron chi connectivity index (χ4n) is 3.84. The zero-order valence-corrected chi connectivity index (χ0v) is 30.4. The molecule has 0 atom stereocenters. The van der Waals surface area contributed by atoms with Gasteiger partial charge in [0.1, 0.15) is 38.8 Å². The first-order chi connectivity index (χ1) is 24.0. The SMILES string of the molecule is CN(C)/C=C(\C=[N+](C)C)c1ccc(OCc2ccccc2)cc1.CN(C)C=O.O=C(O)Cc1ccc(OCc2ccccc2)cc1.[O-][Cl+3]([O-])([O-])[O-]. The maximum Gasteiger partial charge on any atom is 0.307 e. The number of carboxylic acid groups (broad SMARTS) is 1. The van der Waals surface area contributed by atoms with Crippen molar-refractivity contribution in [2.45, 2.75) is 19.6 Å². The lowest BCUT2D eigenvalue weighted by Crippen LogP contribution is -2.68. The lowest BCUT2D eigenvalue weighted by atomic mass is 10.1. The molecule has 274 valence electrons. The maximum atomic E-state index is 10.5. The van der Waals surface area contributed by atoms with Crippen molar-refractivity contribution < 1.29 is 57.6 Å². The molecule has 12 nitrogen and oxygen atoms in total. The van der Waals surface area contributed by atoms with Gasteiger partial charge in [0.05, 0.1) is 12.0 Å². The highest BCUT2D eigenvalue weighted by Crippen LogP contribution is 2.19. The minimum Gasteiger partial charge on any atom is -0.489 e. The summed E-state index contributed by atoms with van der Waals surface area (Å²) in [5.74, 6) is 0.799. The predicted octanol–water partition coefficient (Wildman–Crippen LogP) is 1.35. The third-order valence-corrected chi connectivity index (χ3v) is 5.97. The number of allylic oxidation sites excluding steroid dienone is 1. The molecule has 4 rings (SSSR count). The number of carbonyl (C=O) groups is 2. The Balaban J connectivity index is 0.000000410. The van der Waals surface area contributed by atoms with E-state index in [9.17, 15) is 9.59 Å². The van der Waals surface area contributed by atoms with E-state index in [-0.39, 0.29) is 6.42 Å². The summed E-state index contributed by atoms with van der Waals surface area (Å²) in [6.45, 7) is 1.10. The number of ether oxygens (including phenoxy) is 2. The third kappa shape index (κ3) is 23.7. The minimum absolute atomic E-state index is 0.0406. The van der Waals surface area contributed by atoms with Crippen LogP contribution in [0.2, 0.25) is 0 Å². The quantitative estimate of drug-likeness (QED) is 0.128. The highest BCUT2D eigenvalue weighted by Gasteiger charge is 2.05. The van der Waals surface area contributed by atoms with E-state index >= 15 is 0 Å². The molecule has 0 bridgehead atoms. The van der Waals surface area contributed by atoms with Crippen LogP contribution in [0.1, 0.15) is 22.3 Å². The van der Waals surface area contributed by atoms with Crippen LogP contribution in [0.15, 0.2) is 115 Å². The van der Waals surface area contributed by atoms with Gasteiger partial charge in [0.25, 0.3) is 0 Å². The van der Waals surface area contributed by atoms with Crippen molar-refractivity contribution >= 4 is 24.2 Å². The van der Waals surface area contributed by atoms with Gasteiger partial charge in [-0.2, -0.15) is 0 Å². The van der Waals surface area contributed by atoms with E-state index in [0.29, 0.717) is 13.2 Å². The van der Waals surface area contributed by atoms with E-state index < -0.39 is 16.2 Å². The molecule has 0 radical (unpaired) electrons. The third-order valence-electron chi connectivity index (χ3n) is 5.97. The number of rotatable bonds is 12. The van der Waals surface area contributed by atoms with E-state index in [1.165, 1.54) is 16.0 Å². The van der Waals surface area contributed by atoms with Crippen molar-refractivity contribution in [3.8, 4) is 11.5 Å². The number of carboxylic acids is 1. The smallest absolute Gasteiger partial charge is 0.307 e. The Labute approximate surface area is 302 Å². The van der Waals surface area contributed by atoms with Crippen LogP contribution in [0.4, 0.5) is 0 Å². The van der Waals surface area contributed by atoms with Crippen LogP contribution in [-0.4, -0.2) is 80.4 Å². The molecular weight excluding hydrogens is 678 g/mol. The Kier molecular flexibility index (Phi) is 20.6. The molecule has 4 aromatic carbocycles. The van der Waals surface area contributed by atoms with Gasteiger partial charge in [0.2, 0.25) is 6.41 Å². The second-order valence-electron chi connectivity index (χ2n) is 11.4. The number of hydrogen-bond donors (Lipinski definition) is 1. The van der Waals surface area contributed by atoms with Crippen LogP contribution in [0, 0.1) is 10.2 Å². The highest BCUT2D eigenvalue weighted by atomic mass is 35.7. The molecule has 0 unspecified atom stereocenters. The molecule has 1 N–H and O–H groups in total. The number of halogens is 1. The Morgan fingerprint density at radius 3 is 1.41 bits per heavy atom. The van der Waals surface area contributed by atoms with Crippen LogP contribution in [-0.2, 0) is 29.2 Å². The molecule has 0 aliphatic carbocycles. The van der Waals surface area contributed by atoms with E-state index in [4.69, 9.17) is 33.2 Å². The van der Waals surface area contributed by atoms with Crippen molar-refractivity contribution in [2.75, 3.05) is 42.3 Å². The number of amides is 1. The first-order valence-electron chi connectivity index (χ1n) is 15.4. The van der Waals surface area contributed by atoms with Gasteiger partial charge in [-0.15, -0.1) is 10.2 Å². The Bertz CT molecular complexity index is 1600. The monoisotopic (exact) mass is 723 g/mol. The van der Waals surface area contributed by atoms with Gasteiger partial charge in [-0.3, -0.25) is 9.59 Å². The zero-order valence-electron chi connectivity index (χ0n) is 29.7. The molecule has 0 heterocycles. The summed E-state index contributed by atoms with van der Waals surface area (Å²) in [5, 5.41) is 8.66. The maximum absolute atomic E-state index is 10.5. The van der Waals surface area contributed by atoms with Crippen LogP contribution >= 0.6 is 0 Å². The van der Waals surface area contributed by atoms with Gasteiger partial charge in [-0.1, -0.05) is 84.9 Å². The number of benzene rings is 4. The summed E-state index contributed by atoms with van der Waals surface area (Å²) in [5.41, 5.74) is 5.38. The fourth-order valence-corrected chi connectivity index (χ4v) is 3.84. The van der Waals surface area contributed by atoms with E-state index in [1.54, 1.807) is 38.4 Å². The zero-order chi connectivity index (χ0) is 38.2. The van der Waals surface area contributed by atoms with Gasteiger partial charge < -0.3 is 24.4 Å².